The predicted molar refractivity (Wildman–Crippen MR) is 207 cm³/mol. The molecule has 0 unspecified atom stereocenters. The molecule has 7 aromatic carbocycles. The molecular weight excluding hydrogens is 627 g/mol. The summed E-state index contributed by atoms with van der Waals surface area (Å²) in [5, 5.41) is 1.68. The Bertz CT molecular complexity index is 3810. The molecule has 0 aliphatic carbocycles. The first-order chi connectivity index (χ1) is 30.3. The number of furan rings is 1. The summed E-state index contributed by atoms with van der Waals surface area (Å²) in [6.45, 7) is 0. The van der Waals surface area contributed by atoms with Crippen molar-refractivity contribution in [2.75, 3.05) is 0 Å². The molecule has 0 radical (unpaired) electrons. The number of aromatic nitrogens is 5. The van der Waals surface area contributed by atoms with Crippen molar-refractivity contribution in [2.45, 2.75) is 0 Å². The summed E-state index contributed by atoms with van der Waals surface area (Å²) in [4.78, 5) is 14.7. The highest BCUT2D eigenvalue weighted by atomic mass is 16.3. The number of rotatable bonds is 4. The van der Waals surface area contributed by atoms with E-state index in [1.165, 1.54) is 16.7 Å². The Morgan fingerprint density at radius 1 is 0.471 bits per heavy atom. The highest BCUT2D eigenvalue weighted by Crippen LogP contribution is 2.42. The Labute approximate surface area is 308 Å². The summed E-state index contributed by atoms with van der Waals surface area (Å²) in [6.07, 6.45) is 0. The van der Waals surface area contributed by atoms with Gasteiger partial charge in [0, 0.05) is 49.1 Å². The number of hydrogen-bond donors (Lipinski definition) is 0. The van der Waals surface area contributed by atoms with Crippen molar-refractivity contribution in [2.24, 2.45) is 0 Å². The topological polar surface area (TPSA) is 61.7 Å². The van der Waals surface area contributed by atoms with Gasteiger partial charge in [-0.1, -0.05) is 127 Å². The SMILES string of the molecule is [2H]c1ccc2c(c1[2H])c1c([2H])c([2H])c3c4c([2H])c([2H])cc([2H])c4n(-c4nc(-c5c([2H])c([2H])c([2H])c([2H])c5[2H])nc(-c5cccc6oc7ccccc7c56)n4)c3c1n2-c1ccccc1. The van der Waals surface area contributed by atoms with Crippen molar-refractivity contribution < 1.29 is 20.9 Å². The van der Waals surface area contributed by atoms with Gasteiger partial charge in [0.2, 0.25) is 5.95 Å². The van der Waals surface area contributed by atoms with Gasteiger partial charge in [-0.2, -0.15) is 9.97 Å². The highest BCUT2D eigenvalue weighted by Gasteiger charge is 2.24. The second-order valence-electron chi connectivity index (χ2n) is 11.9. The molecule has 0 atom stereocenters. The maximum absolute atomic E-state index is 9.61. The van der Waals surface area contributed by atoms with E-state index < -0.39 is 30.2 Å². The summed E-state index contributed by atoms with van der Waals surface area (Å²) in [5.41, 5.74) is 2.53. The second-order valence-corrected chi connectivity index (χ2v) is 11.9. The van der Waals surface area contributed by atoms with Crippen molar-refractivity contribution in [1.29, 1.82) is 0 Å². The summed E-state index contributed by atoms with van der Waals surface area (Å²) in [7, 11) is 0. The molecule has 0 amide bonds. The number of hydrogen-bond acceptors (Lipinski definition) is 4. The molecule has 6 nitrogen and oxygen atoms in total. The minimum atomic E-state index is -0.625. The van der Waals surface area contributed by atoms with Gasteiger partial charge in [-0.05, 0) is 36.4 Å². The van der Waals surface area contributed by atoms with Crippen molar-refractivity contribution in [1.82, 2.24) is 24.1 Å². The van der Waals surface area contributed by atoms with Gasteiger partial charge in [0.1, 0.15) is 11.2 Å². The number of nitrogens with zero attached hydrogens (tertiary/aromatic N) is 5. The lowest BCUT2D eigenvalue weighted by Crippen LogP contribution is -2.07. The molecule has 0 aliphatic heterocycles. The van der Waals surface area contributed by atoms with Crippen LogP contribution in [0.1, 0.15) is 16.4 Å². The van der Waals surface area contributed by atoms with E-state index in [0.29, 0.717) is 33.3 Å². The summed E-state index contributed by atoms with van der Waals surface area (Å²) in [6, 6.07) is 21.0. The minimum absolute atomic E-state index is 0.0142. The molecule has 51 heavy (non-hydrogen) atoms. The predicted octanol–water partition coefficient (Wildman–Crippen LogP) is 11.3. The van der Waals surface area contributed by atoms with Crippen LogP contribution in [-0.4, -0.2) is 24.1 Å². The van der Waals surface area contributed by atoms with Crippen LogP contribution in [0.15, 0.2) is 168 Å². The van der Waals surface area contributed by atoms with Crippen molar-refractivity contribution in [3.63, 3.8) is 0 Å². The third-order valence-electron chi connectivity index (χ3n) is 9.12. The van der Waals surface area contributed by atoms with Crippen LogP contribution in [0.3, 0.4) is 0 Å². The van der Waals surface area contributed by atoms with Crippen molar-refractivity contribution in [3.8, 4) is 34.4 Å². The van der Waals surface area contributed by atoms with E-state index in [9.17, 15) is 5.48 Å². The van der Waals surface area contributed by atoms with Gasteiger partial charge in [0.15, 0.2) is 11.6 Å². The van der Waals surface area contributed by atoms with Crippen LogP contribution in [-0.2, 0) is 0 Å². The molecule has 0 fully saturated rings. The Morgan fingerprint density at radius 3 is 2.06 bits per heavy atom. The lowest BCUT2D eigenvalue weighted by Gasteiger charge is -2.13. The monoisotopic (exact) mass is 665 g/mol. The lowest BCUT2D eigenvalue weighted by molar-refractivity contribution is 0.669. The average molecular weight is 666 g/mol. The smallest absolute Gasteiger partial charge is 0.238 e. The molecule has 0 aliphatic rings. The molecule has 11 aromatic rings. The van der Waals surface area contributed by atoms with Gasteiger partial charge in [-0.15, -0.1) is 0 Å². The molecule has 0 saturated carbocycles. The van der Waals surface area contributed by atoms with Crippen LogP contribution in [0.2, 0.25) is 0 Å². The van der Waals surface area contributed by atoms with Gasteiger partial charge in [-0.25, -0.2) is 4.98 Å². The van der Waals surface area contributed by atoms with Gasteiger partial charge >= 0.3 is 0 Å². The molecule has 0 N–H and O–H groups in total. The van der Waals surface area contributed by atoms with E-state index in [1.54, 1.807) is 28.8 Å². The van der Waals surface area contributed by atoms with E-state index in [2.05, 4.69) is 0 Å². The highest BCUT2D eigenvalue weighted by molar-refractivity contribution is 6.23. The van der Waals surface area contributed by atoms with E-state index in [1.807, 2.05) is 54.6 Å². The van der Waals surface area contributed by atoms with Crippen LogP contribution >= 0.6 is 0 Å². The molecule has 11 rings (SSSR count). The number of fused-ring (bicyclic) bond motifs is 10. The van der Waals surface area contributed by atoms with E-state index in [-0.39, 0.29) is 104 Å². The Morgan fingerprint density at radius 2 is 1.20 bits per heavy atom. The standard InChI is InChI=1S/C45H27N5O/c1-3-14-28(15-4-1)43-46-44(35-21-13-25-39-40(35)34-20-9-12-24-38(34)51-39)48-45(47-43)50-37-23-11-8-19-31(37)33-27-26-32-30-18-7-10-22-36(30)49(41(32)42(33)50)29-16-5-2-6-17-29/h1-27H/i1D,3D,4D,7D,8D,14D,15D,18D,19D,23D,26D,27D. The fourth-order valence-corrected chi connectivity index (χ4v) is 7.03. The Kier molecular flexibility index (Phi) is 3.92. The van der Waals surface area contributed by atoms with Gasteiger partial charge in [0.05, 0.1) is 38.5 Å². The zero-order valence-corrected chi connectivity index (χ0v) is 26.3. The molecule has 4 heterocycles. The van der Waals surface area contributed by atoms with Crippen LogP contribution in [0.5, 0.6) is 0 Å². The lowest BCUT2D eigenvalue weighted by atomic mass is 10.1. The number of benzene rings is 7. The maximum Gasteiger partial charge on any atom is 0.238 e. The first-order valence-corrected chi connectivity index (χ1v) is 16.1. The van der Waals surface area contributed by atoms with E-state index in [0.717, 1.165) is 5.39 Å². The largest absolute Gasteiger partial charge is 0.456 e. The van der Waals surface area contributed by atoms with Gasteiger partial charge in [0.25, 0.3) is 0 Å². The summed E-state index contributed by atoms with van der Waals surface area (Å²) in [5.74, 6) is -0.580. The normalized spacial score (nSPS) is 15.2. The zero-order valence-electron chi connectivity index (χ0n) is 38.3. The van der Waals surface area contributed by atoms with E-state index >= 15 is 0 Å². The van der Waals surface area contributed by atoms with Gasteiger partial charge in [-0.3, -0.25) is 4.57 Å². The maximum atomic E-state index is 9.61. The summed E-state index contributed by atoms with van der Waals surface area (Å²) >= 11 is 0. The van der Waals surface area contributed by atoms with Crippen LogP contribution < -0.4 is 0 Å². The van der Waals surface area contributed by atoms with Gasteiger partial charge < -0.3 is 8.98 Å². The summed E-state index contributed by atoms with van der Waals surface area (Å²) < 4.78 is 117. The fraction of sp³-hybridized carbons (Fsp3) is 0. The molecular formula is C45H27N5O. The fourth-order valence-electron chi connectivity index (χ4n) is 7.03. The van der Waals surface area contributed by atoms with E-state index in [4.69, 9.17) is 30.3 Å². The molecule has 4 aromatic heterocycles. The Balaban J connectivity index is 1.41. The second kappa shape index (κ2) is 10.7. The quantitative estimate of drug-likeness (QED) is 0.188. The van der Waals surface area contributed by atoms with Crippen LogP contribution in [0.4, 0.5) is 0 Å². The molecule has 6 heteroatoms. The first kappa shape index (κ1) is 18.6. The first-order valence-electron chi connectivity index (χ1n) is 22.1. The molecule has 0 bridgehead atoms. The van der Waals surface area contributed by atoms with Crippen LogP contribution in [0.25, 0.3) is 100.0 Å². The Hall–Kier alpha value is -7.05. The molecule has 0 saturated heterocycles. The van der Waals surface area contributed by atoms with Crippen molar-refractivity contribution >= 4 is 65.6 Å². The third-order valence-corrected chi connectivity index (χ3v) is 9.12. The van der Waals surface area contributed by atoms with Crippen LogP contribution in [0, 0.1) is 0 Å². The molecule has 0 spiro atoms. The molecule has 238 valence electrons. The minimum Gasteiger partial charge on any atom is -0.456 e. The average Bonchev–Trinajstić information content (AvgIpc) is 3.97. The third kappa shape index (κ3) is 4.07. The zero-order chi connectivity index (χ0) is 43.9. The number of para-hydroxylation sites is 4. The van der Waals surface area contributed by atoms with Crippen molar-refractivity contribution in [3.05, 3.63) is 164 Å².